The number of hydrogen-bond acceptors (Lipinski definition) is 7. The zero-order chi connectivity index (χ0) is 24.8. The lowest BCUT2D eigenvalue weighted by molar-refractivity contribution is 0.344. The minimum atomic E-state index is -0.873. The number of alkyl halides is 1. The van der Waals surface area contributed by atoms with Crippen molar-refractivity contribution in [2.45, 2.75) is 19.5 Å². The van der Waals surface area contributed by atoms with E-state index >= 15 is 0 Å². The summed E-state index contributed by atoms with van der Waals surface area (Å²) >= 11 is 0. The number of benzene rings is 2. The first kappa shape index (κ1) is 24.4. The van der Waals surface area contributed by atoms with E-state index in [9.17, 15) is 4.39 Å². The smallest absolute Gasteiger partial charge is 0.124 e. The van der Waals surface area contributed by atoms with Crippen LogP contribution in [0.4, 0.5) is 15.8 Å². The van der Waals surface area contributed by atoms with Crippen molar-refractivity contribution in [1.82, 2.24) is 25.1 Å². The first-order chi connectivity index (χ1) is 17.0. The summed E-state index contributed by atoms with van der Waals surface area (Å²) in [6, 6.07) is 11.8. The molecule has 0 fully saturated rings. The topological polar surface area (TPSA) is 77.3 Å². The first-order valence-electron chi connectivity index (χ1n) is 11.6. The van der Waals surface area contributed by atoms with E-state index in [0.29, 0.717) is 31.1 Å². The fraction of sp³-hybridized carbons (Fsp3) is 0.346. The summed E-state index contributed by atoms with van der Waals surface area (Å²) in [4.78, 5) is 11.6. The van der Waals surface area contributed by atoms with Crippen LogP contribution in [0, 0.1) is 0 Å². The van der Waals surface area contributed by atoms with Gasteiger partial charge in [0.05, 0.1) is 43.3 Å². The van der Waals surface area contributed by atoms with Crippen LogP contribution in [0.1, 0.15) is 13.3 Å². The molecule has 0 saturated heterocycles. The number of aryl methyl sites for hydroxylation is 1. The summed E-state index contributed by atoms with van der Waals surface area (Å²) < 4.78 is 25.9. The summed E-state index contributed by atoms with van der Waals surface area (Å²) in [5.41, 5.74) is 5.16. The van der Waals surface area contributed by atoms with Crippen LogP contribution >= 0.6 is 0 Å². The van der Waals surface area contributed by atoms with Crippen molar-refractivity contribution in [1.29, 1.82) is 0 Å². The van der Waals surface area contributed by atoms with Crippen molar-refractivity contribution < 1.29 is 13.9 Å². The Morgan fingerprint density at radius 3 is 2.46 bits per heavy atom. The van der Waals surface area contributed by atoms with Crippen molar-refractivity contribution in [3.05, 3.63) is 55.0 Å². The van der Waals surface area contributed by atoms with E-state index in [1.165, 1.54) is 0 Å². The molecule has 2 heterocycles. The molecule has 8 nitrogen and oxygen atoms in total. The molecule has 0 aliphatic carbocycles. The molecule has 0 spiro atoms. The van der Waals surface area contributed by atoms with Gasteiger partial charge in [0, 0.05) is 61.5 Å². The van der Waals surface area contributed by atoms with Gasteiger partial charge in [-0.15, -0.1) is 0 Å². The minimum absolute atomic E-state index is 0.343. The standard InChI is InChI=1S/C26H31FN6O2/c1-18(27)14-28-8-5-9-33(21-10-22(34-3)13-23(11-21)35-4)20-6-7-24-25(12-20)31-26(16-29-24)19-15-30-32(2)17-19/h6-7,10-13,15-18,28H,5,8-9,14H2,1-4H3. The van der Waals surface area contributed by atoms with Gasteiger partial charge in [-0.25, -0.2) is 9.37 Å². The van der Waals surface area contributed by atoms with Crippen LogP contribution < -0.4 is 19.7 Å². The third kappa shape index (κ3) is 6.05. The molecular weight excluding hydrogens is 447 g/mol. The number of fused-ring (bicyclic) bond motifs is 1. The van der Waals surface area contributed by atoms with Crippen molar-refractivity contribution >= 4 is 22.4 Å². The Morgan fingerprint density at radius 1 is 1.03 bits per heavy atom. The molecule has 1 N–H and O–H groups in total. The molecule has 4 aromatic rings. The zero-order valence-corrected chi connectivity index (χ0v) is 20.5. The van der Waals surface area contributed by atoms with E-state index in [0.717, 1.165) is 40.1 Å². The largest absolute Gasteiger partial charge is 0.497 e. The highest BCUT2D eigenvalue weighted by Gasteiger charge is 2.14. The van der Waals surface area contributed by atoms with Crippen molar-refractivity contribution in [3.63, 3.8) is 0 Å². The van der Waals surface area contributed by atoms with Gasteiger partial charge in [-0.3, -0.25) is 9.67 Å². The van der Waals surface area contributed by atoms with Crippen LogP contribution in [0.3, 0.4) is 0 Å². The van der Waals surface area contributed by atoms with Gasteiger partial charge in [-0.05, 0) is 38.1 Å². The number of halogens is 1. The molecule has 4 rings (SSSR count). The van der Waals surface area contributed by atoms with Crippen LogP contribution in [0.5, 0.6) is 11.5 Å². The second kappa shape index (κ2) is 11.1. The van der Waals surface area contributed by atoms with Crippen LogP contribution in [0.2, 0.25) is 0 Å². The lowest BCUT2D eigenvalue weighted by Crippen LogP contribution is -2.27. The van der Waals surface area contributed by atoms with Gasteiger partial charge >= 0.3 is 0 Å². The highest BCUT2D eigenvalue weighted by atomic mass is 19.1. The van der Waals surface area contributed by atoms with Gasteiger partial charge in [0.15, 0.2) is 0 Å². The summed E-state index contributed by atoms with van der Waals surface area (Å²) in [6.45, 7) is 3.29. The molecule has 35 heavy (non-hydrogen) atoms. The molecule has 0 saturated carbocycles. The summed E-state index contributed by atoms with van der Waals surface area (Å²) in [7, 11) is 5.15. The van der Waals surface area contributed by atoms with Gasteiger partial charge in [0.25, 0.3) is 0 Å². The average Bonchev–Trinajstić information content (AvgIpc) is 3.31. The van der Waals surface area contributed by atoms with Crippen LogP contribution in [0.15, 0.2) is 55.0 Å². The maximum absolute atomic E-state index is 13.2. The molecule has 1 atom stereocenters. The Labute approximate surface area is 204 Å². The number of rotatable bonds is 11. The molecule has 9 heteroatoms. The molecule has 0 radical (unpaired) electrons. The molecule has 0 aliphatic rings. The normalized spacial score (nSPS) is 12.0. The van der Waals surface area contributed by atoms with E-state index in [2.05, 4.69) is 20.3 Å². The predicted molar refractivity (Wildman–Crippen MR) is 136 cm³/mol. The number of hydrogen-bond donors (Lipinski definition) is 1. The number of nitrogens with one attached hydrogen (secondary N) is 1. The number of nitrogens with zero attached hydrogens (tertiary/aromatic N) is 5. The van der Waals surface area contributed by atoms with Crippen LogP contribution in [0.25, 0.3) is 22.3 Å². The minimum Gasteiger partial charge on any atom is -0.497 e. The molecule has 184 valence electrons. The zero-order valence-electron chi connectivity index (χ0n) is 20.5. The second-order valence-corrected chi connectivity index (χ2v) is 8.39. The lowest BCUT2D eigenvalue weighted by Gasteiger charge is -2.26. The molecular formula is C26H31FN6O2. The van der Waals surface area contributed by atoms with Crippen LogP contribution in [-0.4, -0.2) is 59.8 Å². The summed E-state index contributed by atoms with van der Waals surface area (Å²) in [5, 5.41) is 7.40. The van der Waals surface area contributed by atoms with Gasteiger partial charge < -0.3 is 19.7 Å². The van der Waals surface area contributed by atoms with Crippen molar-refractivity contribution in [2.75, 3.05) is 38.8 Å². The van der Waals surface area contributed by atoms with E-state index in [1.54, 1.807) is 38.2 Å². The van der Waals surface area contributed by atoms with Crippen LogP contribution in [-0.2, 0) is 7.05 Å². The Bertz CT molecular complexity index is 1250. The van der Waals surface area contributed by atoms with Gasteiger partial charge in [-0.2, -0.15) is 5.10 Å². The van der Waals surface area contributed by atoms with Gasteiger partial charge in [0.1, 0.15) is 17.7 Å². The Balaban J connectivity index is 1.69. The van der Waals surface area contributed by atoms with Gasteiger partial charge in [-0.1, -0.05) is 0 Å². The third-order valence-corrected chi connectivity index (χ3v) is 5.65. The highest BCUT2D eigenvalue weighted by molar-refractivity contribution is 5.82. The Morgan fingerprint density at radius 2 is 1.80 bits per heavy atom. The van der Waals surface area contributed by atoms with E-state index < -0.39 is 6.17 Å². The molecule has 0 amide bonds. The average molecular weight is 479 g/mol. The Hall–Kier alpha value is -3.72. The summed E-state index contributed by atoms with van der Waals surface area (Å²) in [6.07, 6.45) is 5.40. The SMILES string of the molecule is COc1cc(OC)cc(N(CCCNCC(C)F)c2ccc3ncc(-c4cnn(C)c4)nc3c2)c1. The van der Waals surface area contributed by atoms with Crippen molar-refractivity contribution in [2.24, 2.45) is 7.05 Å². The first-order valence-corrected chi connectivity index (χ1v) is 11.6. The quantitative estimate of drug-likeness (QED) is 0.318. The predicted octanol–water partition coefficient (Wildman–Crippen LogP) is 4.52. The molecule has 0 aliphatic heterocycles. The molecule has 1 unspecified atom stereocenters. The van der Waals surface area contributed by atoms with E-state index in [-0.39, 0.29) is 0 Å². The third-order valence-electron chi connectivity index (χ3n) is 5.65. The fourth-order valence-electron chi connectivity index (χ4n) is 3.88. The number of methoxy groups -OCH3 is 2. The molecule has 2 aromatic carbocycles. The summed E-state index contributed by atoms with van der Waals surface area (Å²) in [5.74, 6) is 1.40. The monoisotopic (exact) mass is 478 g/mol. The van der Waals surface area contributed by atoms with E-state index in [4.69, 9.17) is 14.5 Å². The second-order valence-electron chi connectivity index (χ2n) is 8.39. The van der Waals surface area contributed by atoms with Crippen molar-refractivity contribution in [3.8, 4) is 22.8 Å². The Kier molecular flexibility index (Phi) is 7.77. The number of anilines is 2. The highest BCUT2D eigenvalue weighted by Crippen LogP contribution is 2.34. The maximum atomic E-state index is 13.2. The lowest BCUT2D eigenvalue weighted by atomic mass is 10.1. The molecule has 0 bridgehead atoms. The maximum Gasteiger partial charge on any atom is 0.124 e. The molecule has 2 aromatic heterocycles. The van der Waals surface area contributed by atoms with Gasteiger partial charge in [0.2, 0.25) is 0 Å². The number of aromatic nitrogens is 4. The van der Waals surface area contributed by atoms with E-state index in [1.807, 2.05) is 49.6 Å². The fourth-order valence-corrected chi connectivity index (χ4v) is 3.88. The number of ether oxygens (including phenoxy) is 2.